The lowest BCUT2D eigenvalue weighted by Gasteiger charge is -2.05. The molecule has 0 unspecified atom stereocenters. The first-order chi connectivity index (χ1) is 6.25. The molecule has 0 saturated heterocycles. The second-order valence-corrected chi connectivity index (χ2v) is 3.34. The molecule has 2 N–H and O–H groups in total. The predicted octanol–water partition coefficient (Wildman–Crippen LogP) is 2.47. The number of ether oxygens (including phenoxy) is 1. The number of hydrogen-bond acceptors (Lipinski definition) is 2. The van der Waals surface area contributed by atoms with Gasteiger partial charge in [0.05, 0.1) is 23.3 Å². The highest BCUT2D eigenvalue weighted by Crippen LogP contribution is 2.25. The molecule has 0 bridgehead atoms. The van der Waals surface area contributed by atoms with Gasteiger partial charge in [0.1, 0.15) is 0 Å². The van der Waals surface area contributed by atoms with Crippen LogP contribution in [0.3, 0.4) is 0 Å². The van der Waals surface area contributed by atoms with Crippen molar-refractivity contribution in [1.29, 1.82) is 0 Å². The quantitative estimate of drug-likeness (QED) is 0.791. The second-order valence-electron chi connectivity index (χ2n) is 2.55. The average molecular weight is 220 g/mol. The van der Waals surface area contributed by atoms with Crippen molar-refractivity contribution in [3.05, 3.63) is 33.8 Å². The summed E-state index contributed by atoms with van der Waals surface area (Å²) >= 11 is 11.7. The third-order valence-electron chi connectivity index (χ3n) is 1.55. The second kappa shape index (κ2) is 5.45. The molecule has 0 amide bonds. The lowest BCUT2D eigenvalue weighted by molar-refractivity contribution is 0.128. The van der Waals surface area contributed by atoms with E-state index in [4.69, 9.17) is 33.7 Å². The van der Waals surface area contributed by atoms with Crippen molar-refractivity contribution in [3.8, 4) is 0 Å². The molecule has 0 heterocycles. The molecule has 0 fully saturated rings. The van der Waals surface area contributed by atoms with Crippen molar-refractivity contribution >= 4 is 23.2 Å². The first-order valence-electron chi connectivity index (χ1n) is 3.96. The molecule has 0 aromatic heterocycles. The normalized spacial score (nSPS) is 10.4. The van der Waals surface area contributed by atoms with Gasteiger partial charge in [0.2, 0.25) is 0 Å². The molecule has 1 aromatic rings. The van der Waals surface area contributed by atoms with E-state index in [1.54, 1.807) is 6.07 Å². The molecule has 0 saturated carbocycles. The zero-order chi connectivity index (χ0) is 9.68. The fourth-order valence-electron chi connectivity index (χ4n) is 0.925. The summed E-state index contributed by atoms with van der Waals surface area (Å²) in [5.74, 6) is 0. The molecule has 1 rings (SSSR count). The van der Waals surface area contributed by atoms with Crippen LogP contribution in [0.5, 0.6) is 0 Å². The van der Waals surface area contributed by atoms with Crippen LogP contribution in [-0.4, -0.2) is 13.2 Å². The summed E-state index contributed by atoms with van der Waals surface area (Å²) in [4.78, 5) is 0. The van der Waals surface area contributed by atoms with E-state index in [2.05, 4.69) is 0 Å². The third-order valence-corrected chi connectivity index (χ3v) is 2.41. The van der Waals surface area contributed by atoms with E-state index in [9.17, 15) is 0 Å². The molecular weight excluding hydrogens is 209 g/mol. The minimum absolute atomic E-state index is 0.455. The van der Waals surface area contributed by atoms with E-state index in [1.165, 1.54) is 0 Å². The summed E-state index contributed by atoms with van der Waals surface area (Å²) in [7, 11) is 0. The average Bonchev–Trinajstić information content (AvgIpc) is 2.13. The van der Waals surface area contributed by atoms with Gasteiger partial charge in [0, 0.05) is 6.54 Å². The van der Waals surface area contributed by atoms with Gasteiger partial charge in [-0.3, -0.25) is 0 Å². The summed E-state index contributed by atoms with van der Waals surface area (Å²) in [6.45, 7) is 1.50. The molecule has 0 aliphatic rings. The highest BCUT2D eigenvalue weighted by molar-refractivity contribution is 6.42. The van der Waals surface area contributed by atoms with Crippen molar-refractivity contribution in [1.82, 2.24) is 0 Å². The standard InChI is InChI=1S/C9H11Cl2NO/c10-8-3-1-2-7(9(8)11)6-13-5-4-12/h1-3H,4-6,12H2. The number of benzene rings is 1. The topological polar surface area (TPSA) is 35.2 Å². The summed E-state index contributed by atoms with van der Waals surface area (Å²) in [6.07, 6.45) is 0. The van der Waals surface area contributed by atoms with Crippen LogP contribution in [-0.2, 0) is 11.3 Å². The molecule has 4 heteroatoms. The van der Waals surface area contributed by atoms with Gasteiger partial charge in [-0.25, -0.2) is 0 Å². The van der Waals surface area contributed by atoms with Crippen molar-refractivity contribution in [2.45, 2.75) is 6.61 Å². The molecule has 13 heavy (non-hydrogen) atoms. The first-order valence-corrected chi connectivity index (χ1v) is 4.72. The lowest BCUT2D eigenvalue weighted by atomic mass is 10.2. The summed E-state index contributed by atoms with van der Waals surface area (Å²) in [6, 6.07) is 5.47. The van der Waals surface area contributed by atoms with E-state index in [0.717, 1.165) is 5.56 Å². The fraction of sp³-hybridized carbons (Fsp3) is 0.333. The van der Waals surface area contributed by atoms with Crippen molar-refractivity contribution in [2.75, 3.05) is 13.2 Å². The van der Waals surface area contributed by atoms with Gasteiger partial charge in [0.25, 0.3) is 0 Å². The minimum atomic E-state index is 0.455. The zero-order valence-electron chi connectivity index (χ0n) is 7.09. The van der Waals surface area contributed by atoms with Crippen molar-refractivity contribution in [3.63, 3.8) is 0 Å². The monoisotopic (exact) mass is 219 g/mol. The number of rotatable bonds is 4. The fourth-order valence-corrected chi connectivity index (χ4v) is 1.30. The Kier molecular flexibility index (Phi) is 4.53. The van der Waals surface area contributed by atoms with E-state index in [-0.39, 0.29) is 0 Å². The number of nitrogens with two attached hydrogens (primary N) is 1. The first kappa shape index (κ1) is 10.8. The van der Waals surface area contributed by atoms with Gasteiger partial charge in [-0.1, -0.05) is 35.3 Å². The van der Waals surface area contributed by atoms with Gasteiger partial charge in [-0.05, 0) is 11.6 Å². The molecular formula is C9H11Cl2NO. The SMILES string of the molecule is NCCOCc1cccc(Cl)c1Cl. The van der Waals surface area contributed by atoms with Gasteiger partial charge < -0.3 is 10.5 Å². The van der Waals surface area contributed by atoms with Gasteiger partial charge in [0.15, 0.2) is 0 Å². The Labute approximate surface area is 87.6 Å². The molecule has 0 spiro atoms. The Hall–Kier alpha value is -0.280. The van der Waals surface area contributed by atoms with Crippen LogP contribution in [0.15, 0.2) is 18.2 Å². The largest absolute Gasteiger partial charge is 0.375 e. The third kappa shape index (κ3) is 3.16. The van der Waals surface area contributed by atoms with E-state index in [1.807, 2.05) is 12.1 Å². The zero-order valence-corrected chi connectivity index (χ0v) is 8.61. The van der Waals surface area contributed by atoms with Crippen molar-refractivity contribution in [2.24, 2.45) is 5.73 Å². The Balaban J connectivity index is 2.61. The highest BCUT2D eigenvalue weighted by Gasteiger charge is 2.03. The molecule has 0 radical (unpaired) electrons. The highest BCUT2D eigenvalue weighted by atomic mass is 35.5. The summed E-state index contributed by atoms with van der Waals surface area (Å²) < 4.78 is 5.24. The van der Waals surface area contributed by atoms with Crippen molar-refractivity contribution < 1.29 is 4.74 Å². The lowest BCUT2D eigenvalue weighted by Crippen LogP contribution is -2.08. The Morgan fingerprint density at radius 2 is 2.08 bits per heavy atom. The Morgan fingerprint density at radius 1 is 1.31 bits per heavy atom. The van der Waals surface area contributed by atoms with Crippen LogP contribution in [0, 0.1) is 0 Å². The predicted molar refractivity (Wildman–Crippen MR) is 55.2 cm³/mol. The number of hydrogen-bond donors (Lipinski definition) is 1. The molecule has 0 aliphatic carbocycles. The Morgan fingerprint density at radius 3 is 2.77 bits per heavy atom. The number of halogens is 2. The molecule has 2 nitrogen and oxygen atoms in total. The van der Waals surface area contributed by atoms with Gasteiger partial charge >= 0.3 is 0 Å². The Bertz CT molecular complexity index is 278. The van der Waals surface area contributed by atoms with E-state index in [0.29, 0.717) is 29.8 Å². The molecule has 0 atom stereocenters. The van der Waals surface area contributed by atoms with Crippen LogP contribution in [0.25, 0.3) is 0 Å². The maximum absolute atomic E-state index is 5.93. The minimum Gasteiger partial charge on any atom is -0.375 e. The summed E-state index contributed by atoms with van der Waals surface area (Å²) in [5, 5.41) is 1.11. The summed E-state index contributed by atoms with van der Waals surface area (Å²) in [5.41, 5.74) is 6.17. The van der Waals surface area contributed by atoms with Crippen LogP contribution < -0.4 is 5.73 Å². The van der Waals surface area contributed by atoms with Gasteiger partial charge in [-0.2, -0.15) is 0 Å². The van der Waals surface area contributed by atoms with Crippen LogP contribution >= 0.6 is 23.2 Å². The molecule has 72 valence electrons. The smallest absolute Gasteiger partial charge is 0.0732 e. The maximum atomic E-state index is 5.93. The van der Waals surface area contributed by atoms with Crippen LogP contribution in [0.4, 0.5) is 0 Å². The van der Waals surface area contributed by atoms with Crippen LogP contribution in [0.1, 0.15) is 5.56 Å². The maximum Gasteiger partial charge on any atom is 0.0732 e. The van der Waals surface area contributed by atoms with Crippen LogP contribution in [0.2, 0.25) is 10.0 Å². The molecule has 0 aliphatic heterocycles. The molecule has 1 aromatic carbocycles. The van der Waals surface area contributed by atoms with E-state index >= 15 is 0 Å². The van der Waals surface area contributed by atoms with Gasteiger partial charge in [-0.15, -0.1) is 0 Å². The van der Waals surface area contributed by atoms with E-state index < -0.39 is 0 Å².